The Labute approximate surface area is 123 Å². The van der Waals surface area contributed by atoms with E-state index in [4.69, 9.17) is 17.3 Å². The molecule has 2 N–H and O–H groups in total. The number of nitrogens with two attached hydrogens (primary N) is 1. The average molecular weight is 299 g/mol. The topological polar surface area (TPSA) is 47.1 Å². The second-order valence-corrected chi connectivity index (χ2v) is 5.22. The molecule has 0 saturated heterocycles. The molecule has 1 aromatic heterocycles. The summed E-state index contributed by atoms with van der Waals surface area (Å²) in [5.74, 6) is -0.0459. The van der Waals surface area contributed by atoms with Gasteiger partial charge in [-0.15, -0.1) is 0 Å². The Morgan fingerprint density at radius 3 is 2.75 bits per heavy atom. The zero-order valence-electron chi connectivity index (χ0n) is 11.9. The molecule has 2 rings (SSSR count). The fraction of sp³-hybridized carbons (Fsp3) is 0.500. The Bertz CT molecular complexity index is 596. The average Bonchev–Trinajstić information content (AvgIpc) is 2.70. The summed E-state index contributed by atoms with van der Waals surface area (Å²) in [4.78, 5) is 6.57. The number of hydrogen-bond donors (Lipinski definition) is 1. The molecule has 0 aliphatic carbocycles. The van der Waals surface area contributed by atoms with Gasteiger partial charge in [0.25, 0.3) is 0 Å². The van der Waals surface area contributed by atoms with Gasteiger partial charge in [0.15, 0.2) is 0 Å². The van der Waals surface area contributed by atoms with E-state index in [1.807, 2.05) is 4.57 Å². The zero-order chi connectivity index (χ0) is 14.7. The van der Waals surface area contributed by atoms with Crippen LogP contribution < -0.4 is 5.73 Å². The van der Waals surface area contributed by atoms with E-state index in [2.05, 4.69) is 23.7 Å². The van der Waals surface area contributed by atoms with Crippen LogP contribution in [0.15, 0.2) is 12.1 Å². The van der Waals surface area contributed by atoms with E-state index < -0.39 is 5.82 Å². The first-order valence-corrected chi connectivity index (χ1v) is 7.27. The van der Waals surface area contributed by atoms with Crippen LogP contribution in [-0.4, -0.2) is 34.1 Å². The molecule has 0 aliphatic heterocycles. The monoisotopic (exact) mass is 298 g/mol. The molecule has 0 bridgehead atoms. The summed E-state index contributed by atoms with van der Waals surface area (Å²) in [6.45, 7) is 7.87. The second-order valence-electron chi connectivity index (χ2n) is 4.81. The van der Waals surface area contributed by atoms with Gasteiger partial charge in [-0.2, -0.15) is 0 Å². The lowest BCUT2D eigenvalue weighted by atomic mass is 10.3. The summed E-state index contributed by atoms with van der Waals surface area (Å²) in [5.41, 5.74) is 7.25. The third-order valence-electron chi connectivity index (χ3n) is 3.45. The SMILES string of the molecule is CCCN(CC)CCn1c(N)nc2cc(Cl)c(F)cc21. The van der Waals surface area contributed by atoms with Crippen molar-refractivity contribution in [2.75, 3.05) is 25.4 Å². The molecule has 0 atom stereocenters. The molecule has 6 heteroatoms. The van der Waals surface area contributed by atoms with Crippen LogP contribution in [0.4, 0.5) is 10.3 Å². The summed E-state index contributed by atoms with van der Waals surface area (Å²) in [6, 6.07) is 2.92. The number of hydrogen-bond acceptors (Lipinski definition) is 3. The second kappa shape index (κ2) is 6.41. The molecular formula is C14H20ClFN4. The number of imidazole rings is 1. The highest BCUT2D eigenvalue weighted by Gasteiger charge is 2.12. The van der Waals surface area contributed by atoms with Gasteiger partial charge in [0.1, 0.15) is 5.82 Å². The maximum Gasteiger partial charge on any atom is 0.201 e. The molecule has 1 heterocycles. The van der Waals surface area contributed by atoms with E-state index in [1.54, 1.807) is 0 Å². The molecule has 0 fully saturated rings. The van der Waals surface area contributed by atoms with E-state index in [0.29, 0.717) is 23.5 Å². The first-order chi connectivity index (χ1) is 9.56. The van der Waals surface area contributed by atoms with Crippen LogP contribution in [0.25, 0.3) is 11.0 Å². The third-order valence-corrected chi connectivity index (χ3v) is 3.74. The van der Waals surface area contributed by atoms with Crippen LogP contribution in [0.5, 0.6) is 0 Å². The summed E-state index contributed by atoms with van der Waals surface area (Å²) in [6.07, 6.45) is 1.11. The van der Waals surface area contributed by atoms with Gasteiger partial charge in [-0.1, -0.05) is 25.4 Å². The highest BCUT2D eigenvalue weighted by Crippen LogP contribution is 2.24. The molecule has 2 aromatic rings. The van der Waals surface area contributed by atoms with Crippen LogP contribution >= 0.6 is 11.6 Å². The number of nitrogens with zero attached hydrogens (tertiary/aromatic N) is 3. The van der Waals surface area contributed by atoms with E-state index in [1.165, 1.54) is 12.1 Å². The largest absolute Gasteiger partial charge is 0.369 e. The summed E-state index contributed by atoms with van der Waals surface area (Å²) in [5, 5.41) is 0.0725. The van der Waals surface area contributed by atoms with Gasteiger partial charge in [-0.25, -0.2) is 9.37 Å². The molecule has 0 saturated carbocycles. The van der Waals surface area contributed by atoms with Crippen LogP contribution in [0.2, 0.25) is 5.02 Å². The van der Waals surface area contributed by atoms with E-state index in [9.17, 15) is 4.39 Å². The number of anilines is 1. The maximum atomic E-state index is 13.6. The molecule has 0 radical (unpaired) electrons. The minimum atomic E-state index is -0.443. The van der Waals surface area contributed by atoms with Crippen molar-refractivity contribution in [2.45, 2.75) is 26.8 Å². The predicted octanol–water partition coefficient (Wildman–Crippen LogP) is 3.14. The lowest BCUT2D eigenvalue weighted by Gasteiger charge is -2.20. The zero-order valence-corrected chi connectivity index (χ0v) is 12.6. The minimum absolute atomic E-state index is 0.0725. The van der Waals surface area contributed by atoms with Crippen molar-refractivity contribution < 1.29 is 4.39 Å². The highest BCUT2D eigenvalue weighted by molar-refractivity contribution is 6.31. The number of nitrogen functional groups attached to an aromatic ring is 1. The number of fused-ring (bicyclic) bond motifs is 1. The van der Waals surface area contributed by atoms with Gasteiger partial charge < -0.3 is 15.2 Å². The standard InChI is InChI=1S/C14H20ClFN4/c1-3-5-19(4-2)6-7-20-13-9-11(16)10(15)8-12(13)18-14(20)17/h8-9H,3-7H2,1-2H3,(H2,17,18). The Hall–Kier alpha value is -1.33. The number of aromatic nitrogens is 2. The molecule has 1 aromatic carbocycles. The van der Waals surface area contributed by atoms with Crippen LogP contribution in [-0.2, 0) is 6.54 Å². The van der Waals surface area contributed by atoms with Crippen molar-refractivity contribution >= 4 is 28.6 Å². The van der Waals surface area contributed by atoms with Crippen molar-refractivity contribution in [3.63, 3.8) is 0 Å². The first-order valence-electron chi connectivity index (χ1n) is 6.89. The molecule has 0 amide bonds. The highest BCUT2D eigenvalue weighted by atomic mass is 35.5. The van der Waals surface area contributed by atoms with Gasteiger partial charge in [0, 0.05) is 19.2 Å². The third kappa shape index (κ3) is 3.04. The Kier molecular flexibility index (Phi) is 4.83. The number of halogens is 2. The van der Waals surface area contributed by atoms with Gasteiger partial charge in [0.2, 0.25) is 5.95 Å². The minimum Gasteiger partial charge on any atom is -0.369 e. The van der Waals surface area contributed by atoms with Gasteiger partial charge in [-0.3, -0.25) is 0 Å². The van der Waals surface area contributed by atoms with E-state index in [-0.39, 0.29) is 5.02 Å². The van der Waals surface area contributed by atoms with Gasteiger partial charge in [-0.05, 0) is 25.6 Å². The van der Waals surface area contributed by atoms with Crippen molar-refractivity contribution in [2.24, 2.45) is 0 Å². The molecular weight excluding hydrogens is 279 g/mol. The first kappa shape index (κ1) is 15.1. The van der Waals surface area contributed by atoms with E-state index >= 15 is 0 Å². The maximum absolute atomic E-state index is 13.6. The summed E-state index contributed by atoms with van der Waals surface area (Å²) in [7, 11) is 0. The van der Waals surface area contributed by atoms with Crippen molar-refractivity contribution in [1.29, 1.82) is 0 Å². The van der Waals surface area contributed by atoms with Crippen molar-refractivity contribution in [3.05, 3.63) is 23.0 Å². The number of benzene rings is 1. The summed E-state index contributed by atoms with van der Waals surface area (Å²) < 4.78 is 15.4. The van der Waals surface area contributed by atoms with Gasteiger partial charge in [0.05, 0.1) is 16.1 Å². The Morgan fingerprint density at radius 1 is 1.35 bits per heavy atom. The molecule has 20 heavy (non-hydrogen) atoms. The Morgan fingerprint density at radius 2 is 2.10 bits per heavy atom. The molecule has 0 aliphatic rings. The molecule has 4 nitrogen and oxygen atoms in total. The lowest BCUT2D eigenvalue weighted by molar-refractivity contribution is 0.278. The predicted molar refractivity (Wildman–Crippen MR) is 81.5 cm³/mol. The number of rotatable bonds is 6. The van der Waals surface area contributed by atoms with Crippen LogP contribution in [0, 0.1) is 5.82 Å². The fourth-order valence-corrected chi connectivity index (χ4v) is 2.52. The van der Waals surface area contributed by atoms with Crippen molar-refractivity contribution in [1.82, 2.24) is 14.5 Å². The normalized spacial score (nSPS) is 11.7. The molecule has 0 spiro atoms. The van der Waals surface area contributed by atoms with Crippen molar-refractivity contribution in [3.8, 4) is 0 Å². The fourth-order valence-electron chi connectivity index (χ4n) is 2.36. The van der Waals surface area contributed by atoms with E-state index in [0.717, 1.165) is 26.1 Å². The van der Waals surface area contributed by atoms with Gasteiger partial charge >= 0.3 is 0 Å². The summed E-state index contributed by atoms with van der Waals surface area (Å²) >= 11 is 5.77. The Balaban J connectivity index is 2.25. The van der Waals surface area contributed by atoms with Crippen LogP contribution in [0.1, 0.15) is 20.3 Å². The smallest absolute Gasteiger partial charge is 0.201 e. The molecule has 110 valence electrons. The number of likely N-dealkylation sites (N-methyl/N-ethyl adjacent to an activating group) is 1. The lowest BCUT2D eigenvalue weighted by Crippen LogP contribution is -2.28. The molecule has 0 unspecified atom stereocenters. The quantitative estimate of drug-likeness (QED) is 0.891. The van der Waals surface area contributed by atoms with Crippen LogP contribution in [0.3, 0.4) is 0 Å².